The first kappa shape index (κ1) is 21.4. The van der Waals surface area contributed by atoms with Crippen LogP contribution in [0.5, 0.6) is 0 Å². The summed E-state index contributed by atoms with van der Waals surface area (Å²) in [5, 5.41) is 2.77. The highest BCUT2D eigenvalue weighted by molar-refractivity contribution is 7.09. The topological polar surface area (TPSA) is 45.7 Å². The van der Waals surface area contributed by atoms with Crippen molar-refractivity contribution in [1.29, 1.82) is 0 Å². The normalized spacial score (nSPS) is 20.5. The Hall–Kier alpha value is -1.83. The quantitative estimate of drug-likeness (QED) is 0.662. The average Bonchev–Trinajstić information content (AvgIpc) is 3.42. The summed E-state index contributed by atoms with van der Waals surface area (Å²) in [6, 6.07) is 7.00. The van der Waals surface area contributed by atoms with E-state index < -0.39 is 0 Å². The van der Waals surface area contributed by atoms with Gasteiger partial charge in [0, 0.05) is 37.2 Å². The molecule has 5 nitrogen and oxygen atoms in total. The van der Waals surface area contributed by atoms with Crippen molar-refractivity contribution < 1.29 is 13.9 Å². The van der Waals surface area contributed by atoms with E-state index in [1.54, 1.807) is 6.07 Å². The van der Waals surface area contributed by atoms with E-state index in [2.05, 4.69) is 9.88 Å². The van der Waals surface area contributed by atoms with Crippen LogP contribution < -0.4 is 0 Å². The van der Waals surface area contributed by atoms with Crippen molar-refractivity contribution >= 4 is 17.2 Å². The number of amides is 1. The molecule has 2 aliphatic rings. The number of aryl methyl sites for hydroxylation is 1. The van der Waals surface area contributed by atoms with Gasteiger partial charge in [-0.1, -0.05) is 18.2 Å². The first-order valence-corrected chi connectivity index (χ1v) is 11.7. The molecule has 0 N–H and O–H groups in total. The van der Waals surface area contributed by atoms with Gasteiger partial charge in [0.2, 0.25) is 0 Å². The number of ether oxygens (including phenoxy) is 1. The smallest absolute Gasteiger partial charge is 0.273 e. The summed E-state index contributed by atoms with van der Waals surface area (Å²) in [6.45, 7) is 6.60. The molecular weight excluding hydrogens is 401 g/mol. The number of benzene rings is 1. The summed E-state index contributed by atoms with van der Waals surface area (Å²) in [5.41, 5.74) is 1.30. The zero-order chi connectivity index (χ0) is 20.9. The van der Waals surface area contributed by atoms with E-state index in [9.17, 15) is 9.18 Å². The number of hydrogen-bond donors (Lipinski definition) is 0. The molecule has 1 unspecified atom stereocenters. The molecule has 4 rings (SSSR count). The van der Waals surface area contributed by atoms with Gasteiger partial charge in [0.15, 0.2) is 0 Å². The van der Waals surface area contributed by atoms with Gasteiger partial charge >= 0.3 is 0 Å². The van der Waals surface area contributed by atoms with Crippen molar-refractivity contribution in [3.63, 3.8) is 0 Å². The Labute approximate surface area is 181 Å². The van der Waals surface area contributed by atoms with Gasteiger partial charge in [-0.2, -0.15) is 0 Å². The van der Waals surface area contributed by atoms with Crippen LogP contribution in [0.1, 0.15) is 46.7 Å². The third-order valence-corrected chi connectivity index (χ3v) is 6.88. The van der Waals surface area contributed by atoms with E-state index in [1.165, 1.54) is 17.4 Å². The molecule has 3 heterocycles. The van der Waals surface area contributed by atoms with E-state index >= 15 is 0 Å². The molecule has 0 aliphatic carbocycles. The van der Waals surface area contributed by atoms with Crippen LogP contribution in [0, 0.1) is 18.7 Å². The molecule has 1 amide bonds. The number of carbonyl (C=O) groups is 1. The molecule has 1 aromatic heterocycles. The first-order valence-electron chi connectivity index (χ1n) is 10.9. The molecule has 2 aliphatic heterocycles. The van der Waals surface area contributed by atoms with Crippen molar-refractivity contribution in [3.05, 3.63) is 51.7 Å². The van der Waals surface area contributed by atoms with Crippen molar-refractivity contribution in [2.75, 3.05) is 32.8 Å². The lowest BCUT2D eigenvalue weighted by molar-refractivity contribution is 0.0440. The summed E-state index contributed by atoms with van der Waals surface area (Å²) in [4.78, 5) is 21.8. The fourth-order valence-corrected chi connectivity index (χ4v) is 4.99. The fourth-order valence-electron chi connectivity index (χ4n) is 4.40. The van der Waals surface area contributed by atoms with Crippen LogP contribution in [-0.2, 0) is 11.3 Å². The van der Waals surface area contributed by atoms with Crippen LogP contribution >= 0.6 is 11.3 Å². The number of aromatic nitrogens is 1. The molecule has 162 valence electrons. The van der Waals surface area contributed by atoms with Crippen LogP contribution in [0.15, 0.2) is 29.6 Å². The predicted molar refractivity (Wildman–Crippen MR) is 116 cm³/mol. The lowest BCUT2D eigenvalue weighted by Crippen LogP contribution is -2.43. The highest BCUT2D eigenvalue weighted by atomic mass is 32.1. The molecular formula is C23H30FN3O2S. The van der Waals surface area contributed by atoms with E-state index in [-0.39, 0.29) is 17.8 Å². The van der Waals surface area contributed by atoms with Crippen molar-refractivity contribution in [1.82, 2.24) is 14.8 Å². The van der Waals surface area contributed by atoms with Crippen LogP contribution in [0.25, 0.3) is 0 Å². The third-order valence-electron chi connectivity index (χ3n) is 6.11. The van der Waals surface area contributed by atoms with Crippen molar-refractivity contribution in [3.8, 4) is 0 Å². The zero-order valence-electron chi connectivity index (χ0n) is 17.6. The number of rotatable bonds is 7. The Kier molecular flexibility index (Phi) is 7.12. The zero-order valence-corrected chi connectivity index (χ0v) is 18.4. The SMILES string of the molecule is Cc1nc(C(=O)N(CC2CCN(Cc3ccccc3F)CC2)CC2CCCO2)cs1. The van der Waals surface area contributed by atoms with Crippen LogP contribution in [0.2, 0.25) is 0 Å². The van der Waals surface area contributed by atoms with Gasteiger partial charge in [-0.05, 0) is 57.7 Å². The van der Waals surface area contributed by atoms with E-state index in [4.69, 9.17) is 4.74 Å². The lowest BCUT2D eigenvalue weighted by Gasteiger charge is -2.35. The van der Waals surface area contributed by atoms with E-state index in [1.807, 2.05) is 29.3 Å². The molecule has 0 saturated carbocycles. The molecule has 2 aromatic rings. The summed E-state index contributed by atoms with van der Waals surface area (Å²) in [6.07, 6.45) is 4.24. The summed E-state index contributed by atoms with van der Waals surface area (Å²) < 4.78 is 19.8. The van der Waals surface area contributed by atoms with Crippen LogP contribution in [0.3, 0.4) is 0 Å². The largest absolute Gasteiger partial charge is 0.376 e. The van der Waals surface area contributed by atoms with E-state index in [0.717, 1.165) is 62.5 Å². The number of piperidine rings is 1. The second-order valence-corrected chi connectivity index (χ2v) is 9.47. The van der Waals surface area contributed by atoms with Gasteiger partial charge in [0.25, 0.3) is 5.91 Å². The summed E-state index contributed by atoms with van der Waals surface area (Å²) in [7, 11) is 0. The molecule has 30 heavy (non-hydrogen) atoms. The Bertz CT molecular complexity index is 844. The van der Waals surface area contributed by atoms with E-state index in [0.29, 0.717) is 24.7 Å². The molecule has 1 aromatic carbocycles. The Morgan fingerprint density at radius 1 is 1.27 bits per heavy atom. The number of halogens is 1. The van der Waals surface area contributed by atoms with Gasteiger partial charge in [-0.3, -0.25) is 9.69 Å². The van der Waals surface area contributed by atoms with Crippen LogP contribution in [-0.4, -0.2) is 59.6 Å². The number of carbonyl (C=O) groups excluding carboxylic acids is 1. The maximum Gasteiger partial charge on any atom is 0.273 e. The second kappa shape index (κ2) is 9.98. The Morgan fingerprint density at radius 2 is 2.07 bits per heavy atom. The molecule has 2 saturated heterocycles. The van der Waals surface area contributed by atoms with Crippen molar-refractivity contribution in [2.45, 2.75) is 45.3 Å². The van der Waals surface area contributed by atoms with Crippen molar-refractivity contribution in [2.24, 2.45) is 5.92 Å². The highest BCUT2D eigenvalue weighted by Gasteiger charge is 2.28. The Balaban J connectivity index is 1.34. The maximum atomic E-state index is 14.0. The number of nitrogens with zero attached hydrogens (tertiary/aromatic N) is 3. The van der Waals surface area contributed by atoms with Gasteiger partial charge in [0.1, 0.15) is 11.5 Å². The molecule has 2 fully saturated rings. The highest BCUT2D eigenvalue weighted by Crippen LogP contribution is 2.23. The molecule has 0 radical (unpaired) electrons. The second-order valence-electron chi connectivity index (χ2n) is 8.41. The number of hydrogen-bond acceptors (Lipinski definition) is 5. The van der Waals surface area contributed by atoms with Crippen LogP contribution in [0.4, 0.5) is 4.39 Å². The maximum absolute atomic E-state index is 14.0. The third kappa shape index (κ3) is 5.45. The number of thiazole rings is 1. The lowest BCUT2D eigenvalue weighted by atomic mass is 9.95. The monoisotopic (exact) mass is 431 g/mol. The molecule has 7 heteroatoms. The fraction of sp³-hybridized carbons (Fsp3) is 0.565. The minimum absolute atomic E-state index is 0.0173. The Morgan fingerprint density at radius 3 is 2.73 bits per heavy atom. The van der Waals surface area contributed by atoms with Gasteiger partial charge in [-0.15, -0.1) is 11.3 Å². The minimum atomic E-state index is -0.133. The first-order chi connectivity index (χ1) is 14.6. The summed E-state index contributed by atoms with van der Waals surface area (Å²) >= 11 is 1.51. The van der Waals surface area contributed by atoms with Gasteiger partial charge in [-0.25, -0.2) is 9.37 Å². The van der Waals surface area contributed by atoms with Gasteiger partial charge < -0.3 is 9.64 Å². The standard InChI is InChI=1S/C23H30FN3O2S/c1-17-25-22(16-30-17)23(28)27(15-20-6-4-12-29-20)13-18-8-10-26(11-9-18)14-19-5-2-3-7-21(19)24/h2-3,5,7,16,18,20H,4,6,8-15H2,1H3. The average molecular weight is 432 g/mol. The van der Waals surface area contributed by atoms with Gasteiger partial charge in [0.05, 0.1) is 11.1 Å². The minimum Gasteiger partial charge on any atom is -0.376 e. The molecule has 1 atom stereocenters. The predicted octanol–water partition coefficient (Wildman–Crippen LogP) is 4.12. The molecule has 0 bridgehead atoms. The summed E-state index contributed by atoms with van der Waals surface area (Å²) in [5.74, 6) is 0.335. The number of likely N-dealkylation sites (tertiary alicyclic amines) is 1. The molecule has 0 spiro atoms.